The lowest BCUT2D eigenvalue weighted by Crippen LogP contribution is -2.38. The van der Waals surface area contributed by atoms with Crippen LogP contribution in [-0.4, -0.2) is 73.2 Å². The van der Waals surface area contributed by atoms with Crippen LogP contribution < -0.4 is 4.74 Å². The average molecular weight is 446 g/mol. The topological polar surface area (TPSA) is 54.9 Å². The van der Waals surface area contributed by atoms with Crippen molar-refractivity contribution < 1.29 is 14.3 Å². The molecule has 33 heavy (non-hydrogen) atoms. The first-order valence-corrected chi connectivity index (χ1v) is 11.9. The van der Waals surface area contributed by atoms with Gasteiger partial charge in [0, 0.05) is 49.9 Å². The first kappa shape index (κ1) is 21.9. The predicted octanol–water partition coefficient (Wildman–Crippen LogP) is 3.65. The van der Waals surface area contributed by atoms with E-state index in [2.05, 4.69) is 34.1 Å². The van der Waals surface area contributed by atoms with Gasteiger partial charge in [-0.3, -0.25) is 14.7 Å². The molecular weight excluding hydrogens is 414 g/mol. The van der Waals surface area contributed by atoms with E-state index in [1.165, 1.54) is 10.9 Å². The maximum Gasteiger partial charge on any atom is 0.253 e. The van der Waals surface area contributed by atoms with Crippen LogP contribution in [0.15, 0.2) is 60.8 Å². The third-order valence-corrected chi connectivity index (χ3v) is 6.68. The molecule has 2 saturated heterocycles. The Hall–Kier alpha value is -2.96. The van der Waals surface area contributed by atoms with E-state index < -0.39 is 0 Å². The smallest absolute Gasteiger partial charge is 0.253 e. The van der Waals surface area contributed by atoms with Crippen molar-refractivity contribution >= 4 is 16.8 Å². The maximum absolute atomic E-state index is 13.2. The zero-order valence-electron chi connectivity index (χ0n) is 19.0. The van der Waals surface area contributed by atoms with Gasteiger partial charge in [-0.2, -0.15) is 0 Å². The molecule has 0 bridgehead atoms. The summed E-state index contributed by atoms with van der Waals surface area (Å²) in [7, 11) is 0. The van der Waals surface area contributed by atoms with Crippen LogP contribution >= 0.6 is 0 Å². The van der Waals surface area contributed by atoms with Crippen molar-refractivity contribution in [2.75, 3.05) is 52.5 Å². The van der Waals surface area contributed by atoms with E-state index in [0.29, 0.717) is 18.1 Å². The van der Waals surface area contributed by atoms with Crippen molar-refractivity contribution in [2.24, 2.45) is 5.92 Å². The Morgan fingerprint density at radius 3 is 2.85 bits per heavy atom. The van der Waals surface area contributed by atoms with Crippen molar-refractivity contribution in [3.63, 3.8) is 0 Å². The van der Waals surface area contributed by atoms with Crippen molar-refractivity contribution in [2.45, 2.75) is 12.8 Å². The second kappa shape index (κ2) is 10.3. The number of pyridine rings is 1. The van der Waals surface area contributed by atoms with Crippen LogP contribution in [0.5, 0.6) is 5.75 Å². The van der Waals surface area contributed by atoms with Crippen LogP contribution in [-0.2, 0) is 11.2 Å². The second-order valence-corrected chi connectivity index (χ2v) is 8.93. The Bertz CT molecular complexity index is 1090. The van der Waals surface area contributed by atoms with Crippen molar-refractivity contribution in [3.05, 3.63) is 71.9 Å². The summed E-state index contributed by atoms with van der Waals surface area (Å²) >= 11 is 0. The van der Waals surface area contributed by atoms with Gasteiger partial charge in [0.25, 0.3) is 5.91 Å². The van der Waals surface area contributed by atoms with Gasteiger partial charge in [0.2, 0.25) is 0 Å². The van der Waals surface area contributed by atoms with Gasteiger partial charge in [0.15, 0.2) is 0 Å². The van der Waals surface area contributed by atoms with Gasteiger partial charge in [-0.05, 0) is 54.7 Å². The highest BCUT2D eigenvalue weighted by atomic mass is 16.5. The zero-order valence-corrected chi connectivity index (χ0v) is 19.0. The first-order valence-electron chi connectivity index (χ1n) is 11.9. The lowest BCUT2D eigenvalue weighted by atomic mass is 9.96. The predicted molar refractivity (Wildman–Crippen MR) is 129 cm³/mol. The molecule has 172 valence electrons. The molecule has 2 aliphatic rings. The molecule has 2 fully saturated rings. The minimum Gasteiger partial charge on any atom is -0.492 e. The molecule has 5 rings (SSSR count). The number of likely N-dealkylation sites (tertiary alicyclic amines) is 1. The van der Waals surface area contributed by atoms with Crippen molar-refractivity contribution in [1.29, 1.82) is 0 Å². The first-order chi connectivity index (χ1) is 16.3. The van der Waals surface area contributed by atoms with Gasteiger partial charge in [-0.15, -0.1) is 0 Å². The molecule has 6 nitrogen and oxygen atoms in total. The molecule has 1 aromatic heterocycles. The van der Waals surface area contributed by atoms with E-state index in [9.17, 15) is 4.79 Å². The molecule has 0 spiro atoms. The van der Waals surface area contributed by atoms with E-state index >= 15 is 0 Å². The number of fused-ring (bicyclic) bond motifs is 1. The van der Waals surface area contributed by atoms with Crippen LogP contribution in [0.1, 0.15) is 22.3 Å². The van der Waals surface area contributed by atoms with Gasteiger partial charge in [-0.1, -0.05) is 24.3 Å². The number of benzene rings is 2. The van der Waals surface area contributed by atoms with Gasteiger partial charge in [-0.25, -0.2) is 0 Å². The highest BCUT2D eigenvalue weighted by Gasteiger charge is 2.27. The minimum absolute atomic E-state index is 0.0933. The van der Waals surface area contributed by atoms with E-state index in [1.54, 1.807) is 0 Å². The van der Waals surface area contributed by atoms with Crippen molar-refractivity contribution in [1.82, 2.24) is 14.8 Å². The number of ether oxygens (including phenoxy) is 2. The number of carbonyl (C=O) groups excluding carboxylic acids is 1. The second-order valence-electron chi connectivity index (χ2n) is 8.93. The number of morpholine rings is 1. The molecule has 3 heterocycles. The number of carbonyl (C=O) groups is 1. The van der Waals surface area contributed by atoms with Crippen LogP contribution in [0.25, 0.3) is 10.9 Å². The number of hydrogen-bond donors (Lipinski definition) is 0. The molecular formula is C27H31N3O3. The summed E-state index contributed by atoms with van der Waals surface area (Å²) in [6.45, 7) is 6.56. The summed E-state index contributed by atoms with van der Waals surface area (Å²) in [5.74, 6) is 1.32. The summed E-state index contributed by atoms with van der Waals surface area (Å²) in [5, 5.41) is 1.21. The summed E-state index contributed by atoms with van der Waals surface area (Å²) in [5.41, 5.74) is 3.05. The standard InChI is InChI=1S/C27H31N3O3/c31-27(23-5-1-6-24(19-23)33-17-14-29-12-15-32-16-13-29)30-11-9-21(20-30)18-22-4-2-8-26-25(22)7-3-10-28-26/h1-8,10,19,21H,9,11-18,20H2. The molecule has 2 aliphatic heterocycles. The van der Waals surface area contributed by atoms with Crippen LogP contribution in [0, 0.1) is 5.92 Å². The molecule has 0 aliphatic carbocycles. The SMILES string of the molecule is O=C(c1cccc(OCCN2CCOCC2)c1)N1CCC(Cc2cccc3ncccc23)C1. The molecule has 1 atom stereocenters. The number of amides is 1. The molecule has 0 radical (unpaired) electrons. The Kier molecular flexibility index (Phi) is 6.84. The number of aromatic nitrogens is 1. The highest BCUT2D eigenvalue weighted by molar-refractivity contribution is 5.94. The van der Waals surface area contributed by atoms with Gasteiger partial charge in [0.05, 0.1) is 18.7 Å². The van der Waals surface area contributed by atoms with Gasteiger partial charge in [0.1, 0.15) is 12.4 Å². The van der Waals surface area contributed by atoms with E-state index in [-0.39, 0.29) is 5.91 Å². The quantitative estimate of drug-likeness (QED) is 0.556. The summed E-state index contributed by atoms with van der Waals surface area (Å²) in [4.78, 5) is 22.0. The Morgan fingerprint density at radius 2 is 1.94 bits per heavy atom. The molecule has 0 N–H and O–H groups in total. The number of nitrogens with zero attached hydrogens (tertiary/aromatic N) is 3. The molecule has 6 heteroatoms. The Morgan fingerprint density at radius 1 is 1.06 bits per heavy atom. The lowest BCUT2D eigenvalue weighted by molar-refractivity contribution is 0.0322. The fraction of sp³-hybridized carbons (Fsp3) is 0.407. The number of hydrogen-bond acceptors (Lipinski definition) is 5. The molecule has 1 amide bonds. The summed E-state index contributed by atoms with van der Waals surface area (Å²) < 4.78 is 11.3. The Labute approximate surface area is 195 Å². The summed E-state index contributed by atoms with van der Waals surface area (Å²) in [6, 6.07) is 18.1. The lowest BCUT2D eigenvalue weighted by Gasteiger charge is -2.26. The van der Waals surface area contributed by atoms with E-state index in [1.807, 2.05) is 41.4 Å². The Balaban J connectivity index is 1.17. The number of rotatable bonds is 7. The molecule has 0 saturated carbocycles. The fourth-order valence-electron chi connectivity index (χ4n) is 4.86. The maximum atomic E-state index is 13.2. The zero-order chi connectivity index (χ0) is 22.5. The largest absolute Gasteiger partial charge is 0.492 e. The monoisotopic (exact) mass is 445 g/mol. The third kappa shape index (κ3) is 5.34. The van der Waals surface area contributed by atoms with E-state index in [4.69, 9.17) is 9.47 Å². The third-order valence-electron chi connectivity index (χ3n) is 6.68. The normalized spacial score (nSPS) is 19.2. The van der Waals surface area contributed by atoms with E-state index in [0.717, 1.165) is 70.0 Å². The molecule has 1 unspecified atom stereocenters. The van der Waals surface area contributed by atoms with Gasteiger partial charge < -0.3 is 14.4 Å². The van der Waals surface area contributed by atoms with Crippen LogP contribution in [0.2, 0.25) is 0 Å². The van der Waals surface area contributed by atoms with Crippen molar-refractivity contribution in [3.8, 4) is 5.75 Å². The average Bonchev–Trinajstić information content (AvgIpc) is 3.33. The molecule has 3 aromatic rings. The minimum atomic E-state index is 0.0933. The highest BCUT2D eigenvalue weighted by Crippen LogP contribution is 2.26. The fourth-order valence-corrected chi connectivity index (χ4v) is 4.86. The van der Waals surface area contributed by atoms with Crippen LogP contribution in [0.4, 0.5) is 0 Å². The van der Waals surface area contributed by atoms with Gasteiger partial charge >= 0.3 is 0 Å². The van der Waals surface area contributed by atoms with Crippen LogP contribution in [0.3, 0.4) is 0 Å². The summed E-state index contributed by atoms with van der Waals surface area (Å²) in [6.07, 6.45) is 3.83. The molecule has 2 aromatic carbocycles.